The van der Waals surface area contributed by atoms with E-state index < -0.39 is 5.97 Å². The van der Waals surface area contributed by atoms with E-state index in [1.807, 2.05) is 25.8 Å². The number of ether oxygens (including phenoxy) is 1. The van der Waals surface area contributed by atoms with Gasteiger partial charge in [0.1, 0.15) is 11.9 Å². The van der Waals surface area contributed by atoms with Gasteiger partial charge >= 0.3 is 5.97 Å². The molecule has 0 bridgehead atoms. The van der Waals surface area contributed by atoms with E-state index >= 15 is 0 Å². The minimum Gasteiger partial charge on any atom is -0.478 e. The monoisotopic (exact) mass is 253 g/mol. The summed E-state index contributed by atoms with van der Waals surface area (Å²) in [6.07, 6.45) is 2.88. The van der Waals surface area contributed by atoms with Crippen molar-refractivity contribution in [2.75, 3.05) is 20.2 Å². The molecule has 0 aliphatic heterocycles. The van der Waals surface area contributed by atoms with Crippen LogP contribution in [0.3, 0.4) is 0 Å². The van der Waals surface area contributed by atoms with E-state index in [-0.39, 0.29) is 11.7 Å². The molecule has 1 heterocycles. The van der Waals surface area contributed by atoms with Crippen LogP contribution < -0.4 is 0 Å². The molecule has 1 N–H and O–H groups in total. The molecule has 0 saturated heterocycles. The molecule has 1 aromatic rings. The summed E-state index contributed by atoms with van der Waals surface area (Å²) in [4.78, 5) is 20.7. The van der Waals surface area contributed by atoms with Gasteiger partial charge in [-0.3, -0.25) is 4.90 Å². The molecule has 0 saturated carbocycles. The molecular weight excluding hydrogens is 234 g/mol. The smallest absolute Gasteiger partial charge is 0.339 e. The molecule has 0 amide bonds. The Morgan fingerprint density at radius 2 is 2.28 bits per heavy atom. The Morgan fingerprint density at radius 1 is 1.56 bits per heavy atom. The fraction of sp³-hybridized carbons (Fsp3) is 0.583. The highest BCUT2D eigenvalue weighted by molar-refractivity contribution is 5.88. The maximum Gasteiger partial charge on any atom is 0.339 e. The Kier molecular flexibility index (Phi) is 5.67. The lowest BCUT2D eigenvalue weighted by molar-refractivity contribution is 0.0622. The van der Waals surface area contributed by atoms with Crippen LogP contribution in [-0.2, 0) is 11.3 Å². The maximum absolute atomic E-state index is 11.0. The summed E-state index contributed by atoms with van der Waals surface area (Å²) in [6, 6.07) is 0. The van der Waals surface area contributed by atoms with Gasteiger partial charge in [-0.25, -0.2) is 14.8 Å². The van der Waals surface area contributed by atoms with Gasteiger partial charge in [-0.2, -0.15) is 0 Å². The van der Waals surface area contributed by atoms with E-state index in [0.717, 1.165) is 6.54 Å². The van der Waals surface area contributed by atoms with E-state index in [1.54, 1.807) is 0 Å². The third-order valence-electron chi connectivity index (χ3n) is 2.37. The summed E-state index contributed by atoms with van der Waals surface area (Å²) >= 11 is 0. The SMILES string of the molecule is CC(C)OCCN(C)Cc1ncncc1C(=O)O. The van der Waals surface area contributed by atoms with Crippen LogP contribution in [0.25, 0.3) is 0 Å². The summed E-state index contributed by atoms with van der Waals surface area (Å²) in [6.45, 7) is 5.76. The first-order valence-electron chi connectivity index (χ1n) is 5.83. The van der Waals surface area contributed by atoms with Crippen molar-refractivity contribution in [2.24, 2.45) is 0 Å². The Morgan fingerprint density at radius 3 is 2.89 bits per heavy atom. The van der Waals surface area contributed by atoms with Crippen LogP contribution >= 0.6 is 0 Å². The number of aromatic carboxylic acids is 1. The van der Waals surface area contributed by atoms with Gasteiger partial charge in [-0.15, -0.1) is 0 Å². The minimum absolute atomic E-state index is 0.147. The molecule has 6 nitrogen and oxygen atoms in total. The van der Waals surface area contributed by atoms with Gasteiger partial charge in [0, 0.05) is 19.3 Å². The number of nitrogens with zero attached hydrogens (tertiary/aromatic N) is 3. The first kappa shape index (κ1) is 14.5. The fourth-order valence-electron chi connectivity index (χ4n) is 1.44. The lowest BCUT2D eigenvalue weighted by atomic mass is 10.2. The average Bonchev–Trinajstić information content (AvgIpc) is 2.28. The van der Waals surface area contributed by atoms with Crippen molar-refractivity contribution in [1.82, 2.24) is 14.9 Å². The van der Waals surface area contributed by atoms with E-state index in [2.05, 4.69) is 9.97 Å². The number of carbonyl (C=O) groups is 1. The van der Waals surface area contributed by atoms with Crippen molar-refractivity contribution in [1.29, 1.82) is 0 Å². The van der Waals surface area contributed by atoms with Crippen LogP contribution in [0.4, 0.5) is 0 Å². The lowest BCUT2D eigenvalue weighted by Crippen LogP contribution is -2.25. The average molecular weight is 253 g/mol. The Labute approximate surface area is 107 Å². The normalized spacial score (nSPS) is 11.2. The van der Waals surface area contributed by atoms with Crippen molar-refractivity contribution in [3.63, 3.8) is 0 Å². The first-order chi connectivity index (χ1) is 8.50. The number of hydrogen-bond donors (Lipinski definition) is 1. The quantitative estimate of drug-likeness (QED) is 0.782. The third kappa shape index (κ3) is 4.77. The molecule has 0 aromatic carbocycles. The number of aromatic nitrogens is 2. The van der Waals surface area contributed by atoms with Gasteiger partial charge in [0.2, 0.25) is 0 Å². The standard InChI is InChI=1S/C12H19N3O3/c1-9(2)18-5-4-15(3)7-11-10(12(16)17)6-13-8-14-11/h6,8-9H,4-5,7H2,1-3H3,(H,16,17). The highest BCUT2D eigenvalue weighted by Gasteiger charge is 2.12. The summed E-state index contributed by atoms with van der Waals surface area (Å²) in [7, 11) is 1.90. The Balaban J connectivity index is 2.53. The number of likely N-dealkylation sites (N-methyl/N-ethyl adjacent to an activating group) is 1. The zero-order valence-corrected chi connectivity index (χ0v) is 11.0. The molecule has 0 aliphatic carbocycles. The van der Waals surface area contributed by atoms with E-state index in [1.165, 1.54) is 12.5 Å². The van der Waals surface area contributed by atoms with Crippen molar-refractivity contribution < 1.29 is 14.6 Å². The summed E-state index contributed by atoms with van der Waals surface area (Å²) < 4.78 is 5.44. The van der Waals surface area contributed by atoms with E-state index in [0.29, 0.717) is 18.8 Å². The Hall–Kier alpha value is -1.53. The molecule has 0 unspecified atom stereocenters. The minimum atomic E-state index is -1.00. The van der Waals surface area contributed by atoms with Gasteiger partial charge in [0.25, 0.3) is 0 Å². The van der Waals surface area contributed by atoms with Gasteiger partial charge in [-0.1, -0.05) is 0 Å². The van der Waals surface area contributed by atoms with Crippen LogP contribution in [-0.4, -0.2) is 52.2 Å². The molecule has 6 heteroatoms. The fourth-order valence-corrected chi connectivity index (χ4v) is 1.44. The van der Waals surface area contributed by atoms with Gasteiger partial charge < -0.3 is 9.84 Å². The molecule has 1 aromatic heterocycles. The number of hydrogen-bond acceptors (Lipinski definition) is 5. The maximum atomic E-state index is 11.0. The zero-order chi connectivity index (χ0) is 13.5. The topological polar surface area (TPSA) is 75.5 Å². The Bertz CT molecular complexity index is 396. The van der Waals surface area contributed by atoms with Crippen LogP contribution in [0, 0.1) is 0 Å². The first-order valence-corrected chi connectivity index (χ1v) is 5.83. The highest BCUT2D eigenvalue weighted by Crippen LogP contribution is 2.06. The second-order valence-electron chi connectivity index (χ2n) is 4.35. The summed E-state index contributed by atoms with van der Waals surface area (Å²) in [5, 5.41) is 9.00. The van der Waals surface area contributed by atoms with Crippen LogP contribution in [0.1, 0.15) is 29.9 Å². The second-order valence-corrected chi connectivity index (χ2v) is 4.35. The molecule has 100 valence electrons. The molecule has 0 radical (unpaired) electrons. The van der Waals surface area contributed by atoms with Crippen molar-refractivity contribution in [3.05, 3.63) is 23.8 Å². The third-order valence-corrected chi connectivity index (χ3v) is 2.37. The van der Waals surface area contributed by atoms with Gasteiger partial charge in [0.05, 0.1) is 18.4 Å². The molecular formula is C12H19N3O3. The predicted octanol–water partition coefficient (Wildman–Crippen LogP) is 1.03. The molecule has 1 rings (SSSR count). The van der Waals surface area contributed by atoms with Crippen molar-refractivity contribution in [2.45, 2.75) is 26.5 Å². The van der Waals surface area contributed by atoms with Crippen molar-refractivity contribution in [3.8, 4) is 0 Å². The van der Waals surface area contributed by atoms with E-state index in [4.69, 9.17) is 9.84 Å². The number of carboxylic acids is 1. The summed E-state index contributed by atoms with van der Waals surface area (Å²) in [5.74, 6) is -1.00. The molecule has 0 fully saturated rings. The van der Waals surface area contributed by atoms with Crippen LogP contribution in [0.15, 0.2) is 12.5 Å². The number of rotatable bonds is 7. The molecule has 0 spiro atoms. The lowest BCUT2D eigenvalue weighted by Gasteiger charge is -2.17. The molecule has 0 atom stereocenters. The molecule has 18 heavy (non-hydrogen) atoms. The van der Waals surface area contributed by atoms with Crippen molar-refractivity contribution >= 4 is 5.97 Å². The van der Waals surface area contributed by atoms with Crippen LogP contribution in [0.5, 0.6) is 0 Å². The predicted molar refractivity (Wildman–Crippen MR) is 66.4 cm³/mol. The number of carboxylic acid groups (broad SMARTS) is 1. The summed E-state index contributed by atoms with van der Waals surface area (Å²) in [5.41, 5.74) is 0.665. The second kappa shape index (κ2) is 7.03. The van der Waals surface area contributed by atoms with Crippen LogP contribution in [0.2, 0.25) is 0 Å². The van der Waals surface area contributed by atoms with Gasteiger partial charge in [-0.05, 0) is 20.9 Å². The highest BCUT2D eigenvalue weighted by atomic mass is 16.5. The largest absolute Gasteiger partial charge is 0.478 e. The molecule has 0 aliphatic rings. The van der Waals surface area contributed by atoms with Gasteiger partial charge in [0.15, 0.2) is 0 Å². The van der Waals surface area contributed by atoms with E-state index in [9.17, 15) is 4.79 Å². The zero-order valence-electron chi connectivity index (χ0n) is 11.0.